The number of rotatable bonds is 4. The zero-order valence-corrected chi connectivity index (χ0v) is 11.7. The summed E-state index contributed by atoms with van der Waals surface area (Å²) in [7, 11) is 1.56. The summed E-state index contributed by atoms with van der Waals surface area (Å²) < 4.78 is 5.20. The van der Waals surface area contributed by atoms with Gasteiger partial charge < -0.3 is 9.84 Å². The molecule has 1 N–H and O–H groups in total. The molecule has 0 radical (unpaired) electrons. The molecule has 1 aromatic heterocycles. The van der Waals surface area contributed by atoms with Crippen molar-refractivity contribution in [1.29, 1.82) is 0 Å². The van der Waals surface area contributed by atoms with Crippen molar-refractivity contribution in [3.05, 3.63) is 58.4 Å². The number of ether oxygens (including phenoxy) is 1. The van der Waals surface area contributed by atoms with Crippen molar-refractivity contribution in [2.24, 2.45) is 0 Å². The smallest absolute Gasteiger partial charge is 0.142 e. The summed E-state index contributed by atoms with van der Waals surface area (Å²) in [6.45, 7) is 1.98. The molecule has 0 spiro atoms. The van der Waals surface area contributed by atoms with Gasteiger partial charge in [0.05, 0.1) is 19.4 Å². The number of nitrogens with zero attached hydrogens (tertiary/aromatic N) is 1. The molecule has 3 nitrogen and oxygen atoms in total. The summed E-state index contributed by atoms with van der Waals surface area (Å²) in [5, 5.41) is 11.0. The van der Waals surface area contributed by atoms with Crippen LogP contribution in [-0.2, 0) is 6.42 Å². The molecule has 2 aromatic rings. The van der Waals surface area contributed by atoms with E-state index in [1.54, 1.807) is 25.6 Å². The van der Waals surface area contributed by atoms with Crippen LogP contribution in [-0.4, -0.2) is 17.2 Å². The third-order valence-corrected chi connectivity index (χ3v) is 3.37. The number of pyridine rings is 1. The van der Waals surface area contributed by atoms with Crippen LogP contribution in [0.15, 0.2) is 36.7 Å². The Morgan fingerprint density at radius 3 is 2.84 bits per heavy atom. The van der Waals surface area contributed by atoms with E-state index < -0.39 is 6.10 Å². The normalized spacial score (nSPS) is 12.2. The van der Waals surface area contributed by atoms with Crippen LogP contribution in [0.3, 0.4) is 0 Å². The number of methoxy groups -OCH3 is 1. The lowest BCUT2D eigenvalue weighted by molar-refractivity contribution is 0.174. The van der Waals surface area contributed by atoms with E-state index in [2.05, 4.69) is 4.98 Å². The van der Waals surface area contributed by atoms with Crippen molar-refractivity contribution in [2.75, 3.05) is 7.11 Å². The molecule has 0 bridgehead atoms. The molecule has 0 fully saturated rings. The van der Waals surface area contributed by atoms with Crippen molar-refractivity contribution >= 4 is 11.6 Å². The highest BCUT2D eigenvalue weighted by atomic mass is 35.5. The molecule has 19 heavy (non-hydrogen) atoms. The highest BCUT2D eigenvalue weighted by Gasteiger charge is 2.15. The van der Waals surface area contributed by atoms with Crippen molar-refractivity contribution < 1.29 is 9.84 Å². The molecular formula is C15H16ClNO2. The van der Waals surface area contributed by atoms with Gasteiger partial charge >= 0.3 is 0 Å². The van der Waals surface area contributed by atoms with Crippen molar-refractivity contribution in [1.82, 2.24) is 4.98 Å². The molecule has 1 unspecified atom stereocenters. The maximum Gasteiger partial charge on any atom is 0.142 e. The maximum atomic E-state index is 10.3. The van der Waals surface area contributed by atoms with Gasteiger partial charge in [0.15, 0.2) is 0 Å². The number of aryl methyl sites for hydroxylation is 1. The van der Waals surface area contributed by atoms with Gasteiger partial charge in [-0.3, -0.25) is 4.98 Å². The fourth-order valence-corrected chi connectivity index (χ4v) is 2.28. The lowest BCUT2D eigenvalue weighted by Crippen LogP contribution is -2.05. The Balaban J connectivity index is 2.23. The Kier molecular flexibility index (Phi) is 4.40. The highest BCUT2D eigenvalue weighted by Crippen LogP contribution is 2.29. The third-order valence-electron chi connectivity index (χ3n) is 3.02. The van der Waals surface area contributed by atoms with E-state index in [9.17, 15) is 5.11 Å². The molecule has 0 saturated heterocycles. The number of aliphatic hydroxyl groups excluding tert-OH is 1. The van der Waals surface area contributed by atoms with Crippen LogP contribution in [0.1, 0.15) is 22.8 Å². The van der Waals surface area contributed by atoms with Crippen molar-refractivity contribution in [3.8, 4) is 5.75 Å². The number of halogens is 1. The molecule has 1 heterocycles. The lowest BCUT2D eigenvalue weighted by Gasteiger charge is -2.15. The Morgan fingerprint density at radius 2 is 2.16 bits per heavy atom. The first kappa shape index (κ1) is 13.8. The topological polar surface area (TPSA) is 42.4 Å². The molecular weight excluding hydrogens is 262 g/mol. The number of benzene rings is 1. The van der Waals surface area contributed by atoms with E-state index in [1.807, 2.05) is 25.1 Å². The molecule has 1 atom stereocenters. The van der Waals surface area contributed by atoms with Gasteiger partial charge in [-0.25, -0.2) is 0 Å². The van der Waals surface area contributed by atoms with Gasteiger partial charge in [-0.1, -0.05) is 23.7 Å². The second-order valence-corrected chi connectivity index (χ2v) is 4.84. The predicted octanol–water partition coefficient (Wildman–Crippen LogP) is 3.33. The summed E-state index contributed by atoms with van der Waals surface area (Å²) in [5.74, 6) is 0.582. The zero-order chi connectivity index (χ0) is 13.8. The fraction of sp³-hybridized carbons (Fsp3) is 0.267. The van der Waals surface area contributed by atoms with Crippen LogP contribution in [0.4, 0.5) is 0 Å². The van der Waals surface area contributed by atoms with Crippen LogP contribution in [0.5, 0.6) is 5.75 Å². The number of aliphatic hydroxyl groups is 1. The van der Waals surface area contributed by atoms with E-state index >= 15 is 0 Å². The number of hydrogen-bond acceptors (Lipinski definition) is 3. The lowest BCUT2D eigenvalue weighted by atomic mass is 10.0. The Bertz CT molecular complexity index is 572. The second-order valence-electron chi connectivity index (χ2n) is 4.43. The summed E-state index contributed by atoms with van der Waals surface area (Å²) in [6, 6.07) is 7.57. The van der Waals surface area contributed by atoms with Crippen LogP contribution in [0, 0.1) is 6.92 Å². The van der Waals surface area contributed by atoms with Gasteiger partial charge in [-0.05, 0) is 30.2 Å². The molecule has 4 heteroatoms. The van der Waals surface area contributed by atoms with E-state index in [4.69, 9.17) is 16.3 Å². The molecule has 0 saturated carbocycles. The average Bonchev–Trinajstić information content (AvgIpc) is 2.41. The van der Waals surface area contributed by atoms with E-state index in [-0.39, 0.29) is 0 Å². The van der Waals surface area contributed by atoms with Crippen LogP contribution in [0.2, 0.25) is 5.02 Å². The van der Waals surface area contributed by atoms with E-state index in [1.165, 1.54) is 0 Å². The quantitative estimate of drug-likeness (QED) is 0.932. The van der Waals surface area contributed by atoms with Crippen LogP contribution < -0.4 is 4.74 Å². The minimum Gasteiger partial charge on any atom is -0.495 e. The van der Waals surface area contributed by atoms with Gasteiger partial charge in [0.1, 0.15) is 5.75 Å². The number of hydrogen-bond donors (Lipinski definition) is 1. The minimum atomic E-state index is -0.668. The van der Waals surface area contributed by atoms with E-state index in [0.717, 1.165) is 11.1 Å². The Labute approximate surface area is 117 Å². The average molecular weight is 278 g/mol. The summed E-state index contributed by atoms with van der Waals surface area (Å²) in [4.78, 5) is 3.97. The largest absolute Gasteiger partial charge is 0.495 e. The Hall–Kier alpha value is -1.58. The van der Waals surface area contributed by atoms with E-state index in [0.29, 0.717) is 22.8 Å². The first-order valence-electron chi connectivity index (χ1n) is 6.03. The Morgan fingerprint density at radius 1 is 1.37 bits per heavy atom. The van der Waals surface area contributed by atoms with Gasteiger partial charge in [0.2, 0.25) is 0 Å². The summed E-state index contributed by atoms with van der Waals surface area (Å²) in [6.07, 6.45) is 3.00. The molecule has 0 amide bonds. The van der Waals surface area contributed by atoms with Crippen LogP contribution in [0.25, 0.3) is 0 Å². The second kappa shape index (κ2) is 6.04. The van der Waals surface area contributed by atoms with Gasteiger partial charge in [-0.2, -0.15) is 0 Å². The van der Waals surface area contributed by atoms with Gasteiger partial charge in [-0.15, -0.1) is 0 Å². The summed E-state index contributed by atoms with van der Waals surface area (Å²) >= 11 is 6.18. The zero-order valence-electron chi connectivity index (χ0n) is 10.9. The monoisotopic (exact) mass is 277 g/mol. The highest BCUT2D eigenvalue weighted by molar-refractivity contribution is 6.31. The molecule has 0 aliphatic heterocycles. The molecule has 0 aliphatic carbocycles. The predicted molar refractivity (Wildman–Crippen MR) is 75.6 cm³/mol. The number of aromatic nitrogens is 1. The minimum absolute atomic E-state index is 0.444. The van der Waals surface area contributed by atoms with Gasteiger partial charge in [0, 0.05) is 23.2 Å². The standard InChI is InChI=1S/C15H16ClNO2/c1-10-3-4-11(13(16)7-10)8-14(18)12-5-6-17-9-15(12)19-2/h3-7,9,14,18H,8H2,1-2H3. The first-order valence-corrected chi connectivity index (χ1v) is 6.40. The van der Waals surface area contributed by atoms with Crippen molar-refractivity contribution in [2.45, 2.75) is 19.4 Å². The SMILES string of the molecule is COc1cnccc1C(O)Cc1ccc(C)cc1Cl. The van der Waals surface area contributed by atoms with Crippen molar-refractivity contribution in [3.63, 3.8) is 0 Å². The fourth-order valence-electron chi connectivity index (χ4n) is 1.97. The molecule has 100 valence electrons. The molecule has 1 aromatic carbocycles. The van der Waals surface area contributed by atoms with Crippen LogP contribution >= 0.6 is 11.6 Å². The molecule has 0 aliphatic rings. The third kappa shape index (κ3) is 3.25. The molecule has 2 rings (SSSR count). The summed E-state index contributed by atoms with van der Waals surface area (Å²) in [5.41, 5.74) is 2.73. The maximum absolute atomic E-state index is 10.3. The van der Waals surface area contributed by atoms with Gasteiger partial charge in [0.25, 0.3) is 0 Å². The first-order chi connectivity index (χ1) is 9.11.